The number of hydrogen-bond donors (Lipinski definition) is 1. The SMILES string of the molecule is OC1CCN(c2ccnc3ccccc23)C1. The third-order valence-corrected chi connectivity index (χ3v) is 3.13. The minimum absolute atomic E-state index is 0.188. The number of para-hydroxylation sites is 1. The number of pyridine rings is 1. The molecule has 0 saturated carbocycles. The van der Waals surface area contributed by atoms with Gasteiger partial charge in [-0.2, -0.15) is 0 Å². The monoisotopic (exact) mass is 214 g/mol. The van der Waals surface area contributed by atoms with Gasteiger partial charge in [0.2, 0.25) is 0 Å². The predicted molar refractivity (Wildman–Crippen MR) is 64.6 cm³/mol. The van der Waals surface area contributed by atoms with E-state index in [2.05, 4.69) is 16.0 Å². The van der Waals surface area contributed by atoms with E-state index >= 15 is 0 Å². The van der Waals surface area contributed by atoms with Crippen LogP contribution in [0.15, 0.2) is 36.5 Å². The van der Waals surface area contributed by atoms with Crippen LogP contribution in [-0.2, 0) is 0 Å². The molecule has 0 bridgehead atoms. The van der Waals surface area contributed by atoms with E-state index in [1.165, 1.54) is 11.1 Å². The fourth-order valence-electron chi connectivity index (χ4n) is 2.32. The Hall–Kier alpha value is -1.61. The fraction of sp³-hybridized carbons (Fsp3) is 0.308. The topological polar surface area (TPSA) is 36.4 Å². The second kappa shape index (κ2) is 3.76. The lowest BCUT2D eigenvalue weighted by Gasteiger charge is -2.19. The first-order valence-electron chi connectivity index (χ1n) is 5.61. The molecule has 3 heteroatoms. The summed E-state index contributed by atoms with van der Waals surface area (Å²) in [5, 5.41) is 10.7. The van der Waals surface area contributed by atoms with Gasteiger partial charge in [-0.15, -0.1) is 0 Å². The molecule has 3 nitrogen and oxygen atoms in total. The summed E-state index contributed by atoms with van der Waals surface area (Å²) in [6, 6.07) is 10.2. The molecule has 2 heterocycles. The minimum atomic E-state index is -0.188. The Balaban J connectivity index is 2.09. The Bertz CT molecular complexity index is 507. The lowest BCUT2D eigenvalue weighted by molar-refractivity contribution is 0.198. The Labute approximate surface area is 94.3 Å². The molecule has 1 aromatic carbocycles. The minimum Gasteiger partial charge on any atom is -0.391 e. The van der Waals surface area contributed by atoms with Crippen LogP contribution < -0.4 is 4.90 Å². The molecule has 0 spiro atoms. The standard InChI is InChI=1S/C13H14N2O/c16-10-6-8-15(9-10)13-5-7-14-12-4-2-1-3-11(12)13/h1-5,7,10,16H,6,8-9H2. The molecule has 1 unspecified atom stereocenters. The molecular formula is C13H14N2O. The van der Waals surface area contributed by atoms with E-state index in [0.717, 1.165) is 25.0 Å². The van der Waals surface area contributed by atoms with Gasteiger partial charge in [0, 0.05) is 30.4 Å². The quantitative estimate of drug-likeness (QED) is 0.786. The molecular weight excluding hydrogens is 200 g/mol. The number of aliphatic hydroxyl groups is 1. The maximum absolute atomic E-state index is 9.58. The summed E-state index contributed by atoms with van der Waals surface area (Å²) in [4.78, 5) is 6.57. The Morgan fingerprint density at radius 3 is 2.94 bits per heavy atom. The molecule has 0 amide bonds. The number of aromatic nitrogens is 1. The second-order valence-electron chi connectivity index (χ2n) is 4.24. The molecule has 2 aromatic rings. The average Bonchev–Trinajstić information content (AvgIpc) is 2.75. The van der Waals surface area contributed by atoms with Gasteiger partial charge in [-0.1, -0.05) is 18.2 Å². The van der Waals surface area contributed by atoms with Crippen LogP contribution in [0, 0.1) is 0 Å². The van der Waals surface area contributed by atoms with Crippen LogP contribution in [0.5, 0.6) is 0 Å². The van der Waals surface area contributed by atoms with E-state index in [1.807, 2.05) is 30.5 Å². The smallest absolute Gasteiger partial charge is 0.0731 e. The van der Waals surface area contributed by atoms with Gasteiger partial charge in [0.05, 0.1) is 11.6 Å². The lowest BCUT2D eigenvalue weighted by Crippen LogP contribution is -2.21. The summed E-state index contributed by atoms with van der Waals surface area (Å²) in [7, 11) is 0. The number of aliphatic hydroxyl groups excluding tert-OH is 1. The van der Waals surface area contributed by atoms with Gasteiger partial charge >= 0.3 is 0 Å². The molecule has 1 aliphatic rings. The predicted octanol–water partition coefficient (Wildman–Crippen LogP) is 1.81. The highest BCUT2D eigenvalue weighted by Gasteiger charge is 2.21. The number of fused-ring (bicyclic) bond motifs is 1. The molecule has 1 atom stereocenters. The van der Waals surface area contributed by atoms with Gasteiger partial charge in [0.15, 0.2) is 0 Å². The summed E-state index contributed by atoms with van der Waals surface area (Å²) in [5.74, 6) is 0. The lowest BCUT2D eigenvalue weighted by atomic mass is 10.2. The number of nitrogens with zero attached hydrogens (tertiary/aromatic N) is 2. The highest BCUT2D eigenvalue weighted by molar-refractivity contribution is 5.91. The van der Waals surface area contributed by atoms with E-state index in [-0.39, 0.29) is 6.10 Å². The van der Waals surface area contributed by atoms with Gasteiger partial charge < -0.3 is 10.0 Å². The first kappa shape index (κ1) is 9.60. The van der Waals surface area contributed by atoms with Crippen molar-refractivity contribution in [3.63, 3.8) is 0 Å². The first-order chi connectivity index (χ1) is 7.84. The molecule has 1 aromatic heterocycles. The zero-order valence-corrected chi connectivity index (χ0v) is 9.00. The van der Waals surface area contributed by atoms with Crippen molar-refractivity contribution in [2.45, 2.75) is 12.5 Å². The van der Waals surface area contributed by atoms with Crippen molar-refractivity contribution in [2.75, 3.05) is 18.0 Å². The number of benzene rings is 1. The third-order valence-electron chi connectivity index (χ3n) is 3.13. The zero-order valence-electron chi connectivity index (χ0n) is 9.00. The van der Waals surface area contributed by atoms with E-state index < -0.39 is 0 Å². The number of rotatable bonds is 1. The number of anilines is 1. The summed E-state index contributed by atoms with van der Waals surface area (Å²) < 4.78 is 0. The average molecular weight is 214 g/mol. The van der Waals surface area contributed by atoms with Crippen molar-refractivity contribution in [2.24, 2.45) is 0 Å². The van der Waals surface area contributed by atoms with E-state index in [9.17, 15) is 5.11 Å². The van der Waals surface area contributed by atoms with Crippen LogP contribution >= 0.6 is 0 Å². The summed E-state index contributed by atoms with van der Waals surface area (Å²) in [5.41, 5.74) is 2.20. The Morgan fingerprint density at radius 2 is 2.12 bits per heavy atom. The van der Waals surface area contributed by atoms with Crippen LogP contribution in [0.2, 0.25) is 0 Å². The van der Waals surface area contributed by atoms with Crippen LogP contribution in [0.4, 0.5) is 5.69 Å². The van der Waals surface area contributed by atoms with Gasteiger partial charge in [-0.25, -0.2) is 0 Å². The van der Waals surface area contributed by atoms with Crippen molar-refractivity contribution < 1.29 is 5.11 Å². The normalized spacial score (nSPS) is 20.6. The molecule has 1 fully saturated rings. The highest BCUT2D eigenvalue weighted by Crippen LogP contribution is 2.27. The second-order valence-corrected chi connectivity index (χ2v) is 4.24. The molecule has 0 aliphatic carbocycles. The molecule has 82 valence electrons. The van der Waals surface area contributed by atoms with Gasteiger partial charge in [-0.05, 0) is 18.6 Å². The van der Waals surface area contributed by atoms with E-state index in [0.29, 0.717) is 0 Å². The summed E-state index contributed by atoms with van der Waals surface area (Å²) in [6.07, 6.45) is 2.51. The van der Waals surface area contributed by atoms with Crippen molar-refractivity contribution in [3.05, 3.63) is 36.5 Å². The fourth-order valence-corrected chi connectivity index (χ4v) is 2.32. The van der Waals surface area contributed by atoms with Crippen molar-refractivity contribution >= 4 is 16.6 Å². The zero-order chi connectivity index (χ0) is 11.0. The van der Waals surface area contributed by atoms with Gasteiger partial charge in [0.1, 0.15) is 0 Å². The number of hydrogen-bond acceptors (Lipinski definition) is 3. The third kappa shape index (κ3) is 1.53. The summed E-state index contributed by atoms with van der Waals surface area (Å²) in [6.45, 7) is 1.66. The van der Waals surface area contributed by atoms with Gasteiger partial charge in [-0.3, -0.25) is 4.98 Å². The Kier molecular flexibility index (Phi) is 2.26. The van der Waals surface area contributed by atoms with Crippen molar-refractivity contribution in [1.29, 1.82) is 0 Å². The molecule has 0 radical (unpaired) electrons. The summed E-state index contributed by atoms with van der Waals surface area (Å²) >= 11 is 0. The van der Waals surface area contributed by atoms with Crippen LogP contribution in [0.25, 0.3) is 10.9 Å². The Morgan fingerprint density at radius 1 is 1.25 bits per heavy atom. The molecule has 16 heavy (non-hydrogen) atoms. The van der Waals surface area contributed by atoms with Gasteiger partial charge in [0.25, 0.3) is 0 Å². The first-order valence-corrected chi connectivity index (χ1v) is 5.61. The molecule has 1 saturated heterocycles. The molecule has 1 N–H and O–H groups in total. The molecule has 1 aliphatic heterocycles. The van der Waals surface area contributed by atoms with Crippen molar-refractivity contribution in [1.82, 2.24) is 4.98 Å². The van der Waals surface area contributed by atoms with Crippen LogP contribution in [0.3, 0.4) is 0 Å². The molecule has 3 rings (SSSR count). The van der Waals surface area contributed by atoms with E-state index in [4.69, 9.17) is 0 Å². The highest BCUT2D eigenvalue weighted by atomic mass is 16.3. The van der Waals surface area contributed by atoms with Crippen molar-refractivity contribution in [3.8, 4) is 0 Å². The van der Waals surface area contributed by atoms with Crippen LogP contribution in [-0.4, -0.2) is 29.3 Å². The largest absolute Gasteiger partial charge is 0.391 e. The number of β-amino-alcohol motifs (C(OH)–C–C–N with tert-alkyl or cyclic N) is 1. The van der Waals surface area contributed by atoms with Crippen LogP contribution in [0.1, 0.15) is 6.42 Å². The van der Waals surface area contributed by atoms with E-state index in [1.54, 1.807) is 0 Å². The maximum atomic E-state index is 9.58. The maximum Gasteiger partial charge on any atom is 0.0731 e.